The van der Waals surface area contributed by atoms with Crippen molar-refractivity contribution in [2.45, 2.75) is 13.0 Å². The zero-order valence-electron chi connectivity index (χ0n) is 10.9. The Morgan fingerprint density at radius 1 is 1.05 bits per heavy atom. The normalized spacial score (nSPS) is 12.6. The molecule has 0 saturated carbocycles. The maximum Gasteiger partial charge on any atom is 0.131 e. The average Bonchev–Trinajstić information content (AvgIpc) is 2.85. The number of hydrogen-bond acceptors (Lipinski definition) is 2. The second-order valence-corrected chi connectivity index (χ2v) is 5.65. The summed E-state index contributed by atoms with van der Waals surface area (Å²) >= 11 is 1.69. The van der Waals surface area contributed by atoms with Crippen LogP contribution in [-0.4, -0.2) is 0 Å². The molecule has 3 aromatic rings. The third-order valence-corrected chi connectivity index (χ3v) is 4.16. The highest BCUT2D eigenvalue weighted by molar-refractivity contribution is 7.17. The van der Waals surface area contributed by atoms with Gasteiger partial charge in [-0.1, -0.05) is 6.07 Å². The lowest BCUT2D eigenvalue weighted by molar-refractivity contribution is 0.566. The highest BCUT2D eigenvalue weighted by Crippen LogP contribution is 2.27. The molecule has 0 bridgehead atoms. The summed E-state index contributed by atoms with van der Waals surface area (Å²) < 4.78 is 27.9. The fourth-order valence-electron chi connectivity index (χ4n) is 2.24. The molecule has 4 heteroatoms. The molecule has 1 heterocycles. The molecule has 0 aliphatic carbocycles. The van der Waals surface area contributed by atoms with Crippen LogP contribution in [-0.2, 0) is 0 Å². The molecule has 20 heavy (non-hydrogen) atoms. The monoisotopic (exact) mass is 289 g/mol. The van der Waals surface area contributed by atoms with E-state index < -0.39 is 11.6 Å². The Hall–Kier alpha value is -1.94. The minimum absolute atomic E-state index is 0.230. The summed E-state index contributed by atoms with van der Waals surface area (Å²) in [6.07, 6.45) is 0. The van der Waals surface area contributed by atoms with E-state index >= 15 is 0 Å². The summed E-state index contributed by atoms with van der Waals surface area (Å²) in [5.74, 6) is -1.08. The molecule has 1 N–H and O–H groups in total. The van der Waals surface area contributed by atoms with Gasteiger partial charge in [-0.25, -0.2) is 8.78 Å². The van der Waals surface area contributed by atoms with Crippen molar-refractivity contribution < 1.29 is 8.78 Å². The minimum atomic E-state index is -0.557. The Labute approximate surface area is 119 Å². The van der Waals surface area contributed by atoms with Crippen LogP contribution in [0.5, 0.6) is 0 Å². The van der Waals surface area contributed by atoms with Crippen molar-refractivity contribution in [1.82, 2.24) is 0 Å². The average molecular weight is 289 g/mol. The van der Waals surface area contributed by atoms with E-state index in [2.05, 4.69) is 5.32 Å². The second-order valence-electron chi connectivity index (χ2n) is 4.71. The number of halogens is 2. The predicted molar refractivity (Wildman–Crippen MR) is 80.2 cm³/mol. The van der Waals surface area contributed by atoms with Crippen LogP contribution in [0, 0.1) is 11.6 Å². The highest BCUT2D eigenvalue weighted by Gasteiger charge is 2.11. The standard InChI is InChI=1S/C16H13F2NS/c1-10(14-4-2-12(17)9-15(14)18)19-13-3-5-16-11(8-13)6-7-20-16/h2-10,19H,1H3. The number of rotatable bonds is 3. The summed E-state index contributed by atoms with van der Waals surface area (Å²) in [4.78, 5) is 0. The van der Waals surface area contributed by atoms with E-state index in [-0.39, 0.29) is 6.04 Å². The van der Waals surface area contributed by atoms with E-state index in [4.69, 9.17) is 0 Å². The fraction of sp³-hybridized carbons (Fsp3) is 0.125. The van der Waals surface area contributed by atoms with Gasteiger partial charge in [0.15, 0.2) is 0 Å². The quantitative estimate of drug-likeness (QED) is 0.685. The first kappa shape index (κ1) is 13.1. The molecule has 102 valence electrons. The van der Waals surface area contributed by atoms with Crippen LogP contribution in [0.15, 0.2) is 47.8 Å². The molecule has 3 rings (SSSR count). The molecular formula is C16H13F2NS. The van der Waals surface area contributed by atoms with E-state index in [9.17, 15) is 8.78 Å². The summed E-state index contributed by atoms with van der Waals surface area (Å²) in [5, 5.41) is 6.44. The topological polar surface area (TPSA) is 12.0 Å². The lowest BCUT2D eigenvalue weighted by Crippen LogP contribution is -2.08. The minimum Gasteiger partial charge on any atom is -0.378 e. The van der Waals surface area contributed by atoms with E-state index in [1.807, 2.05) is 36.6 Å². The largest absolute Gasteiger partial charge is 0.378 e. The molecule has 1 nitrogen and oxygen atoms in total. The van der Waals surface area contributed by atoms with Crippen molar-refractivity contribution in [3.63, 3.8) is 0 Å². The molecule has 0 aliphatic heterocycles. The lowest BCUT2D eigenvalue weighted by atomic mass is 10.1. The number of nitrogens with one attached hydrogen (secondary N) is 1. The van der Waals surface area contributed by atoms with Crippen LogP contribution in [0.1, 0.15) is 18.5 Å². The van der Waals surface area contributed by atoms with Gasteiger partial charge >= 0.3 is 0 Å². The van der Waals surface area contributed by atoms with Crippen LogP contribution in [0.3, 0.4) is 0 Å². The van der Waals surface area contributed by atoms with Crippen LogP contribution >= 0.6 is 11.3 Å². The third kappa shape index (κ3) is 2.51. The van der Waals surface area contributed by atoms with Gasteiger partial charge in [-0.2, -0.15) is 0 Å². The van der Waals surface area contributed by atoms with E-state index in [1.165, 1.54) is 16.8 Å². The molecule has 0 spiro atoms. The van der Waals surface area contributed by atoms with Crippen molar-refractivity contribution in [3.05, 3.63) is 65.0 Å². The van der Waals surface area contributed by atoms with Gasteiger partial charge in [0.05, 0.1) is 6.04 Å². The lowest BCUT2D eigenvalue weighted by Gasteiger charge is -2.16. The van der Waals surface area contributed by atoms with E-state index in [0.717, 1.165) is 17.1 Å². The number of hydrogen-bond donors (Lipinski definition) is 1. The summed E-state index contributed by atoms with van der Waals surface area (Å²) in [6.45, 7) is 1.86. The number of anilines is 1. The maximum atomic E-state index is 13.7. The van der Waals surface area contributed by atoms with Gasteiger partial charge in [0.2, 0.25) is 0 Å². The van der Waals surface area contributed by atoms with Gasteiger partial charge in [-0.15, -0.1) is 11.3 Å². The Balaban J connectivity index is 1.85. The van der Waals surface area contributed by atoms with Gasteiger partial charge in [0, 0.05) is 22.0 Å². The maximum absolute atomic E-state index is 13.7. The summed E-state index contributed by atoms with van der Waals surface area (Å²) in [6, 6.07) is 11.5. The zero-order valence-corrected chi connectivity index (χ0v) is 11.7. The Morgan fingerprint density at radius 3 is 2.70 bits per heavy atom. The SMILES string of the molecule is CC(Nc1ccc2sccc2c1)c1ccc(F)cc1F. The van der Waals surface area contributed by atoms with Gasteiger partial charge in [0.1, 0.15) is 11.6 Å². The smallest absolute Gasteiger partial charge is 0.131 e. The Kier molecular flexibility index (Phi) is 3.40. The molecule has 1 aromatic heterocycles. The predicted octanol–water partition coefficient (Wildman–Crippen LogP) is 5.35. The number of fused-ring (bicyclic) bond motifs is 1. The van der Waals surface area contributed by atoms with Gasteiger partial charge in [-0.3, -0.25) is 0 Å². The van der Waals surface area contributed by atoms with Gasteiger partial charge in [0.25, 0.3) is 0 Å². The molecule has 1 unspecified atom stereocenters. The van der Waals surface area contributed by atoms with E-state index in [1.54, 1.807) is 11.3 Å². The molecular weight excluding hydrogens is 276 g/mol. The molecule has 0 fully saturated rings. The van der Waals surface area contributed by atoms with Crippen LogP contribution in [0.4, 0.5) is 14.5 Å². The van der Waals surface area contributed by atoms with Crippen molar-refractivity contribution in [3.8, 4) is 0 Å². The Bertz CT molecular complexity index is 751. The first-order chi connectivity index (χ1) is 9.63. The highest BCUT2D eigenvalue weighted by atomic mass is 32.1. The molecule has 0 amide bonds. The van der Waals surface area contributed by atoms with Crippen molar-refractivity contribution in [2.75, 3.05) is 5.32 Å². The third-order valence-electron chi connectivity index (χ3n) is 3.26. The summed E-state index contributed by atoms with van der Waals surface area (Å²) in [7, 11) is 0. The van der Waals surface area contributed by atoms with Crippen molar-refractivity contribution in [2.24, 2.45) is 0 Å². The van der Waals surface area contributed by atoms with Crippen molar-refractivity contribution in [1.29, 1.82) is 0 Å². The van der Waals surface area contributed by atoms with Gasteiger partial charge < -0.3 is 5.32 Å². The van der Waals surface area contributed by atoms with Crippen molar-refractivity contribution >= 4 is 27.1 Å². The number of benzene rings is 2. The molecule has 0 radical (unpaired) electrons. The second kappa shape index (κ2) is 5.21. The first-order valence-electron chi connectivity index (χ1n) is 6.32. The number of thiophene rings is 1. The van der Waals surface area contributed by atoms with E-state index in [0.29, 0.717) is 5.56 Å². The van der Waals surface area contributed by atoms with Crippen LogP contribution in [0.2, 0.25) is 0 Å². The molecule has 0 aliphatic rings. The zero-order chi connectivity index (χ0) is 14.1. The molecule has 1 atom stereocenters. The fourth-order valence-corrected chi connectivity index (χ4v) is 3.01. The molecule has 0 saturated heterocycles. The van der Waals surface area contributed by atoms with Crippen LogP contribution in [0.25, 0.3) is 10.1 Å². The molecule has 2 aromatic carbocycles. The van der Waals surface area contributed by atoms with Gasteiger partial charge in [-0.05, 0) is 48.0 Å². The summed E-state index contributed by atoms with van der Waals surface area (Å²) in [5.41, 5.74) is 1.38. The Morgan fingerprint density at radius 2 is 1.90 bits per heavy atom. The first-order valence-corrected chi connectivity index (χ1v) is 7.20. The van der Waals surface area contributed by atoms with Crippen LogP contribution < -0.4 is 5.32 Å².